The van der Waals surface area contributed by atoms with E-state index in [2.05, 4.69) is 0 Å². The molecule has 3 rings (SSSR count). The summed E-state index contributed by atoms with van der Waals surface area (Å²) < 4.78 is 11.8. The number of para-hydroxylation sites is 1. The third-order valence-corrected chi connectivity index (χ3v) is 5.80. The largest absolute Gasteiger partial charge is 0.493 e. The van der Waals surface area contributed by atoms with Gasteiger partial charge in [-0.25, -0.2) is 0 Å². The molecule has 1 heterocycles. The van der Waals surface area contributed by atoms with Crippen molar-refractivity contribution in [3.63, 3.8) is 0 Å². The number of hydrogen-bond acceptors (Lipinski definition) is 4. The van der Waals surface area contributed by atoms with Crippen molar-refractivity contribution >= 4 is 17.7 Å². The lowest BCUT2D eigenvalue weighted by Gasteiger charge is -2.27. The quantitative estimate of drug-likeness (QED) is 0.817. The van der Waals surface area contributed by atoms with Crippen molar-refractivity contribution in [1.29, 1.82) is 0 Å². The average molecular weight is 336 g/mol. The van der Waals surface area contributed by atoms with Gasteiger partial charge in [0, 0.05) is 17.2 Å². The van der Waals surface area contributed by atoms with Crippen LogP contribution in [0.15, 0.2) is 18.2 Å². The molecule has 0 aromatic heterocycles. The van der Waals surface area contributed by atoms with Crippen LogP contribution < -0.4 is 9.47 Å². The molecule has 1 aromatic rings. The second-order valence-corrected chi connectivity index (χ2v) is 7.53. The topological polar surface area (TPSA) is 55.8 Å². The highest BCUT2D eigenvalue weighted by Gasteiger charge is 2.36. The first kappa shape index (κ1) is 16.5. The Morgan fingerprint density at radius 2 is 2.22 bits per heavy atom. The fraction of sp³-hybridized carbons (Fsp3) is 0.611. The molecule has 0 spiro atoms. The van der Waals surface area contributed by atoms with E-state index in [0.717, 1.165) is 36.3 Å². The van der Waals surface area contributed by atoms with Crippen LogP contribution in [0.5, 0.6) is 11.5 Å². The van der Waals surface area contributed by atoms with E-state index in [1.165, 1.54) is 12.2 Å². The van der Waals surface area contributed by atoms with E-state index in [9.17, 15) is 9.90 Å². The normalized spacial score (nSPS) is 22.4. The highest BCUT2D eigenvalue weighted by Crippen LogP contribution is 2.49. The van der Waals surface area contributed by atoms with Crippen LogP contribution in [-0.4, -0.2) is 35.8 Å². The fourth-order valence-corrected chi connectivity index (χ4v) is 4.33. The maximum atomic E-state index is 11.3. The van der Waals surface area contributed by atoms with Gasteiger partial charge in [0.1, 0.15) is 6.10 Å². The molecule has 126 valence electrons. The minimum Gasteiger partial charge on any atom is -0.493 e. The summed E-state index contributed by atoms with van der Waals surface area (Å²) in [4.78, 5) is 11.3. The fourth-order valence-electron chi connectivity index (χ4n) is 3.30. The van der Waals surface area contributed by atoms with Gasteiger partial charge in [0.05, 0.1) is 13.5 Å². The molecule has 0 radical (unpaired) electrons. The lowest BCUT2D eigenvalue weighted by Crippen LogP contribution is -2.24. The van der Waals surface area contributed by atoms with Gasteiger partial charge in [0.25, 0.3) is 0 Å². The van der Waals surface area contributed by atoms with Gasteiger partial charge in [-0.3, -0.25) is 4.79 Å². The first-order chi connectivity index (χ1) is 11.2. The summed E-state index contributed by atoms with van der Waals surface area (Å²) in [5.74, 6) is 3.40. The highest BCUT2D eigenvalue weighted by molar-refractivity contribution is 7.99. The summed E-state index contributed by atoms with van der Waals surface area (Å²) in [6.07, 6.45) is 4.78. The van der Waals surface area contributed by atoms with E-state index in [4.69, 9.17) is 9.47 Å². The predicted octanol–water partition coefficient (Wildman–Crippen LogP) is 3.94. The second kappa shape index (κ2) is 7.47. The van der Waals surface area contributed by atoms with Crippen molar-refractivity contribution in [1.82, 2.24) is 0 Å². The Hall–Kier alpha value is -1.36. The van der Waals surface area contributed by atoms with Crippen LogP contribution in [0.2, 0.25) is 0 Å². The third-order valence-electron chi connectivity index (χ3n) is 4.62. The standard InChI is InChI=1S/C18H24O4S/c1-21-16-6-2-5-14(15(10-17(19)20)12-7-8-12)18(16)22-13-4-3-9-23-11-13/h2,5-6,12-13,15H,3-4,7-11H2,1H3,(H,19,20). The average Bonchev–Trinajstić information content (AvgIpc) is 3.39. The van der Waals surface area contributed by atoms with Crippen molar-refractivity contribution in [3.05, 3.63) is 23.8 Å². The van der Waals surface area contributed by atoms with Crippen molar-refractivity contribution in [2.75, 3.05) is 18.6 Å². The number of aliphatic carboxylic acids is 1. The first-order valence-electron chi connectivity index (χ1n) is 8.32. The first-order valence-corrected chi connectivity index (χ1v) is 9.47. The molecule has 2 unspecified atom stereocenters. The van der Waals surface area contributed by atoms with Crippen LogP contribution in [0.3, 0.4) is 0 Å². The maximum absolute atomic E-state index is 11.3. The molecule has 23 heavy (non-hydrogen) atoms. The molecule has 1 saturated heterocycles. The van der Waals surface area contributed by atoms with Gasteiger partial charge in [-0.1, -0.05) is 12.1 Å². The van der Waals surface area contributed by atoms with Gasteiger partial charge in [-0.2, -0.15) is 11.8 Å². The van der Waals surface area contributed by atoms with E-state index >= 15 is 0 Å². The summed E-state index contributed by atoms with van der Waals surface area (Å²) in [7, 11) is 1.64. The highest BCUT2D eigenvalue weighted by atomic mass is 32.2. The van der Waals surface area contributed by atoms with Crippen molar-refractivity contribution in [2.45, 2.75) is 44.1 Å². The lowest BCUT2D eigenvalue weighted by atomic mass is 9.90. The van der Waals surface area contributed by atoms with E-state index in [1.807, 2.05) is 30.0 Å². The van der Waals surface area contributed by atoms with E-state index in [-0.39, 0.29) is 18.4 Å². The van der Waals surface area contributed by atoms with Crippen molar-refractivity contribution in [2.24, 2.45) is 5.92 Å². The van der Waals surface area contributed by atoms with Crippen LogP contribution in [0, 0.1) is 5.92 Å². The summed E-state index contributed by atoms with van der Waals surface area (Å²) >= 11 is 1.92. The molecule has 2 atom stereocenters. The third kappa shape index (κ3) is 4.14. The summed E-state index contributed by atoms with van der Waals surface area (Å²) in [5, 5.41) is 9.29. The number of carboxylic acid groups (broad SMARTS) is 1. The zero-order chi connectivity index (χ0) is 16.2. The molecule has 1 aliphatic carbocycles. The molecule has 1 saturated carbocycles. The maximum Gasteiger partial charge on any atom is 0.303 e. The van der Waals surface area contributed by atoms with Gasteiger partial charge in [0.2, 0.25) is 0 Å². The summed E-state index contributed by atoms with van der Waals surface area (Å²) in [6, 6.07) is 5.85. The van der Waals surface area contributed by atoms with Gasteiger partial charge in [-0.15, -0.1) is 0 Å². The van der Waals surface area contributed by atoms with E-state index in [1.54, 1.807) is 7.11 Å². The second-order valence-electron chi connectivity index (χ2n) is 6.38. The van der Waals surface area contributed by atoms with Crippen LogP contribution in [0.4, 0.5) is 0 Å². The summed E-state index contributed by atoms with van der Waals surface area (Å²) in [6.45, 7) is 0. The zero-order valence-electron chi connectivity index (χ0n) is 13.5. The molecule has 0 amide bonds. The Balaban J connectivity index is 1.89. The van der Waals surface area contributed by atoms with E-state index < -0.39 is 5.97 Å². The Morgan fingerprint density at radius 1 is 1.39 bits per heavy atom. The number of hydrogen-bond donors (Lipinski definition) is 1. The lowest BCUT2D eigenvalue weighted by molar-refractivity contribution is -0.137. The molecule has 2 aliphatic rings. The monoisotopic (exact) mass is 336 g/mol. The Bertz CT molecular complexity index is 550. The molecule has 4 nitrogen and oxygen atoms in total. The number of benzene rings is 1. The number of rotatable bonds is 7. The zero-order valence-corrected chi connectivity index (χ0v) is 14.3. The number of methoxy groups -OCH3 is 1. The van der Waals surface area contributed by atoms with Gasteiger partial charge < -0.3 is 14.6 Å². The molecule has 1 aliphatic heterocycles. The smallest absolute Gasteiger partial charge is 0.303 e. The van der Waals surface area contributed by atoms with Crippen molar-refractivity contribution < 1.29 is 19.4 Å². The Kier molecular flexibility index (Phi) is 5.36. The van der Waals surface area contributed by atoms with Crippen molar-refractivity contribution in [3.8, 4) is 11.5 Å². The molecular weight excluding hydrogens is 312 g/mol. The molecule has 1 aromatic carbocycles. The number of carboxylic acids is 1. The molecular formula is C18H24O4S. The van der Waals surface area contributed by atoms with Gasteiger partial charge in [0.15, 0.2) is 11.5 Å². The number of ether oxygens (including phenoxy) is 2. The molecule has 0 bridgehead atoms. The minimum absolute atomic E-state index is 0.0221. The summed E-state index contributed by atoms with van der Waals surface area (Å²) in [5.41, 5.74) is 1.00. The van der Waals surface area contributed by atoms with Gasteiger partial charge in [-0.05, 0) is 43.4 Å². The Labute approximate surface area is 141 Å². The molecule has 5 heteroatoms. The molecule has 2 fully saturated rings. The Morgan fingerprint density at radius 3 is 2.83 bits per heavy atom. The molecule has 1 N–H and O–H groups in total. The number of carbonyl (C=O) groups is 1. The minimum atomic E-state index is -0.746. The number of thioether (sulfide) groups is 1. The SMILES string of the molecule is COc1cccc(C(CC(=O)O)C2CC2)c1OC1CCCSC1. The van der Waals surface area contributed by atoms with Crippen LogP contribution >= 0.6 is 11.8 Å². The van der Waals surface area contributed by atoms with Crippen LogP contribution in [0.1, 0.15) is 43.6 Å². The van der Waals surface area contributed by atoms with Crippen LogP contribution in [0.25, 0.3) is 0 Å². The van der Waals surface area contributed by atoms with E-state index in [0.29, 0.717) is 11.7 Å². The van der Waals surface area contributed by atoms with Crippen LogP contribution in [-0.2, 0) is 4.79 Å². The predicted molar refractivity (Wildman–Crippen MR) is 91.7 cm³/mol. The van der Waals surface area contributed by atoms with Gasteiger partial charge >= 0.3 is 5.97 Å².